The molecule has 9 heteroatoms. The molecule has 32 heavy (non-hydrogen) atoms. The number of methoxy groups -OCH3 is 1. The summed E-state index contributed by atoms with van der Waals surface area (Å²) in [6.07, 6.45) is -3.81. The van der Waals surface area contributed by atoms with Crippen LogP contribution in [0.5, 0.6) is 0 Å². The highest BCUT2D eigenvalue weighted by molar-refractivity contribution is 6.34. The first-order chi connectivity index (χ1) is 15.3. The Kier molecular flexibility index (Phi) is 5.40. The minimum Gasteiger partial charge on any atom is -0.465 e. The van der Waals surface area contributed by atoms with Crippen molar-refractivity contribution in [1.29, 1.82) is 0 Å². The number of carbonyl (C=O) groups is 2. The number of halogens is 3. The van der Waals surface area contributed by atoms with Crippen molar-refractivity contribution in [3.05, 3.63) is 83.6 Å². The maximum atomic E-state index is 13.6. The van der Waals surface area contributed by atoms with Crippen LogP contribution in [0.1, 0.15) is 16.1 Å². The summed E-state index contributed by atoms with van der Waals surface area (Å²) >= 11 is 0. The van der Waals surface area contributed by atoms with E-state index in [2.05, 4.69) is 9.84 Å². The van der Waals surface area contributed by atoms with Crippen molar-refractivity contribution in [3.8, 4) is 11.3 Å². The van der Waals surface area contributed by atoms with E-state index < -0.39 is 29.3 Å². The number of hydrogen-bond acceptors (Lipinski definition) is 5. The number of amides is 1. The van der Waals surface area contributed by atoms with E-state index in [0.29, 0.717) is 21.9 Å². The van der Waals surface area contributed by atoms with Gasteiger partial charge in [0.1, 0.15) is 11.5 Å². The molecule has 0 unspecified atom stereocenters. The molecule has 2 aromatic carbocycles. The van der Waals surface area contributed by atoms with Crippen LogP contribution < -0.4 is 5.01 Å². The maximum Gasteiger partial charge on any atom is 0.435 e. The number of nitrogens with zero attached hydrogens (tertiary/aromatic N) is 2. The highest BCUT2D eigenvalue weighted by Gasteiger charge is 2.47. The molecule has 162 valence electrons. The van der Waals surface area contributed by atoms with E-state index in [0.717, 1.165) is 6.08 Å². The fraction of sp³-hybridized carbons (Fsp3) is 0.0870. The molecule has 0 fully saturated rings. The van der Waals surface area contributed by atoms with Crippen molar-refractivity contribution in [2.24, 2.45) is 5.10 Å². The summed E-state index contributed by atoms with van der Waals surface area (Å²) in [5.41, 5.74) is -0.770. The number of furan rings is 1. The summed E-state index contributed by atoms with van der Waals surface area (Å²) in [5, 5.41) is 4.22. The molecule has 6 nitrogen and oxygen atoms in total. The summed E-state index contributed by atoms with van der Waals surface area (Å²) in [7, 11) is 1.27. The fourth-order valence-electron chi connectivity index (χ4n) is 3.11. The van der Waals surface area contributed by atoms with Crippen molar-refractivity contribution in [3.63, 3.8) is 0 Å². The lowest BCUT2D eigenvalue weighted by atomic mass is 10.1. The number of hydrazone groups is 1. The molecule has 2 heterocycles. The fourth-order valence-corrected chi connectivity index (χ4v) is 3.11. The molecule has 1 aliphatic rings. The molecule has 0 saturated heterocycles. The van der Waals surface area contributed by atoms with Crippen LogP contribution in [0.4, 0.5) is 18.9 Å². The second kappa shape index (κ2) is 8.18. The highest BCUT2D eigenvalue weighted by Crippen LogP contribution is 2.33. The van der Waals surface area contributed by atoms with Gasteiger partial charge in [-0.3, -0.25) is 4.79 Å². The standard InChI is InChI=1S/C23H15F3N2O4/c1-31-22(30)15-9-7-14(8-10-15)19-12-11-17(32-19)13-18-20(23(24,25)26)27-28(21(18)29)16-5-3-2-4-6-16/h2-13H,1H3/b18-13+. The average Bonchev–Trinajstić information content (AvgIpc) is 3.39. The van der Waals surface area contributed by atoms with Gasteiger partial charge in [-0.2, -0.15) is 23.3 Å². The first kappa shape index (κ1) is 21.1. The van der Waals surface area contributed by atoms with Crippen LogP contribution in [0, 0.1) is 0 Å². The number of carbonyl (C=O) groups excluding carboxylic acids is 2. The molecule has 0 bridgehead atoms. The summed E-state index contributed by atoms with van der Waals surface area (Å²) in [4.78, 5) is 24.3. The molecular formula is C23H15F3N2O4. The first-order valence-electron chi connectivity index (χ1n) is 9.34. The normalized spacial score (nSPS) is 15.2. The second-order valence-electron chi connectivity index (χ2n) is 6.73. The van der Waals surface area contributed by atoms with Crippen molar-refractivity contribution in [1.82, 2.24) is 0 Å². The molecular weight excluding hydrogens is 425 g/mol. The quantitative estimate of drug-likeness (QED) is 0.419. The SMILES string of the molecule is COC(=O)c1ccc(-c2ccc(/C=C3/C(=O)N(c4ccccc4)N=C3C(F)(F)F)o2)cc1. The summed E-state index contributed by atoms with van der Waals surface area (Å²) < 4.78 is 50.9. The van der Waals surface area contributed by atoms with Crippen molar-refractivity contribution < 1.29 is 31.9 Å². The molecule has 1 amide bonds. The number of esters is 1. The smallest absolute Gasteiger partial charge is 0.435 e. The lowest BCUT2D eigenvalue weighted by Crippen LogP contribution is -2.25. The zero-order valence-electron chi connectivity index (χ0n) is 16.6. The highest BCUT2D eigenvalue weighted by atomic mass is 19.4. The zero-order valence-corrected chi connectivity index (χ0v) is 16.6. The Balaban J connectivity index is 1.66. The number of para-hydroxylation sites is 1. The summed E-state index contributed by atoms with van der Waals surface area (Å²) in [5.74, 6) is -1.01. The van der Waals surface area contributed by atoms with E-state index >= 15 is 0 Å². The van der Waals surface area contributed by atoms with Gasteiger partial charge in [0.2, 0.25) is 0 Å². The van der Waals surface area contributed by atoms with Crippen LogP contribution in [0.2, 0.25) is 0 Å². The second-order valence-corrected chi connectivity index (χ2v) is 6.73. The Labute approximate surface area is 180 Å². The van der Waals surface area contributed by atoms with Gasteiger partial charge < -0.3 is 9.15 Å². The number of alkyl halides is 3. The number of rotatable bonds is 4. The molecule has 1 aliphatic heterocycles. The average molecular weight is 440 g/mol. The van der Waals surface area contributed by atoms with E-state index in [9.17, 15) is 22.8 Å². The van der Waals surface area contributed by atoms with Gasteiger partial charge in [0.15, 0.2) is 5.71 Å². The minimum atomic E-state index is -4.83. The van der Waals surface area contributed by atoms with Gasteiger partial charge in [0.25, 0.3) is 5.91 Å². The van der Waals surface area contributed by atoms with Crippen LogP contribution in [-0.2, 0) is 9.53 Å². The predicted octanol–water partition coefficient (Wildman–Crippen LogP) is 5.08. The largest absolute Gasteiger partial charge is 0.465 e. The molecule has 0 saturated carbocycles. The van der Waals surface area contributed by atoms with Crippen LogP contribution in [0.15, 0.2) is 81.8 Å². The lowest BCUT2D eigenvalue weighted by Gasteiger charge is -2.10. The Morgan fingerprint density at radius 2 is 1.72 bits per heavy atom. The topological polar surface area (TPSA) is 72.1 Å². The maximum absolute atomic E-state index is 13.6. The van der Waals surface area contributed by atoms with E-state index in [-0.39, 0.29) is 11.4 Å². The van der Waals surface area contributed by atoms with Gasteiger partial charge in [0, 0.05) is 5.56 Å². The molecule has 0 N–H and O–H groups in total. The van der Waals surface area contributed by atoms with Crippen LogP contribution in [-0.4, -0.2) is 30.9 Å². The molecule has 4 rings (SSSR count). The molecule has 3 aromatic rings. The third-order valence-electron chi connectivity index (χ3n) is 4.65. The Morgan fingerprint density at radius 3 is 2.34 bits per heavy atom. The van der Waals surface area contributed by atoms with E-state index in [1.165, 1.54) is 37.4 Å². The van der Waals surface area contributed by atoms with Crippen molar-refractivity contribution in [2.45, 2.75) is 6.18 Å². The van der Waals surface area contributed by atoms with Crippen LogP contribution >= 0.6 is 0 Å². The molecule has 1 aromatic heterocycles. The first-order valence-corrected chi connectivity index (χ1v) is 9.34. The van der Waals surface area contributed by atoms with Gasteiger partial charge in [0.05, 0.1) is 23.9 Å². The third-order valence-corrected chi connectivity index (χ3v) is 4.65. The van der Waals surface area contributed by atoms with Crippen molar-refractivity contribution in [2.75, 3.05) is 12.1 Å². The zero-order chi connectivity index (χ0) is 22.9. The monoisotopic (exact) mass is 440 g/mol. The van der Waals surface area contributed by atoms with Crippen molar-refractivity contribution >= 4 is 29.4 Å². The molecule has 0 aliphatic carbocycles. The molecule has 0 atom stereocenters. The Hall–Kier alpha value is -4.14. The number of ether oxygens (including phenoxy) is 1. The number of benzene rings is 2. The molecule has 0 radical (unpaired) electrons. The van der Waals surface area contributed by atoms with Gasteiger partial charge in [-0.15, -0.1) is 0 Å². The van der Waals surface area contributed by atoms with Crippen LogP contribution in [0.25, 0.3) is 17.4 Å². The van der Waals surface area contributed by atoms with Crippen LogP contribution in [0.3, 0.4) is 0 Å². The van der Waals surface area contributed by atoms with Gasteiger partial charge in [-0.1, -0.05) is 30.3 Å². The summed E-state index contributed by atoms with van der Waals surface area (Å²) in [6, 6.07) is 17.1. The summed E-state index contributed by atoms with van der Waals surface area (Å²) in [6.45, 7) is 0. The minimum absolute atomic E-state index is 0.0484. The number of anilines is 1. The number of hydrogen-bond donors (Lipinski definition) is 0. The van der Waals surface area contributed by atoms with E-state index in [4.69, 9.17) is 4.42 Å². The van der Waals surface area contributed by atoms with E-state index in [1.807, 2.05) is 0 Å². The molecule has 0 spiro atoms. The van der Waals surface area contributed by atoms with Gasteiger partial charge >= 0.3 is 12.1 Å². The Morgan fingerprint density at radius 1 is 1.03 bits per heavy atom. The third kappa shape index (κ3) is 4.04. The Bertz CT molecular complexity index is 1230. The predicted molar refractivity (Wildman–Crippen MR) is 111 cm³/mol. The van der Waals surface area contributed by atoms with Gasteiger partial charge in [-0.05, 0) is 42.5 Å². The van der Waals surface area contributed by atoms with Gasteiger partial charge in [-0.25, -0.2) is 4.79 Å². The lowest BCUT2D eigenvalue weighted by molar-refractivity contribution is -0.114. The van der Waals surface area contributed by atoms with E-state index in [1.54, 1.807) is 36.4 Å².